The zero-order valence-corrected chi connectivity index (χ0v) is 15.1. The predicted octanol–water partition coefficient (Wildman–Crippen LogP) is 2.53. The molecule has 132 valence electrons. The number of pyridine rings is 1. The van der Waals surface area contributed by atoms with Crippen LogP contribution in [-0.4, -0.2) is 20.4 Å². The number of thiophene rings is 1. The lowest BCUT2D eigenvalue weighted by Crippen LogP contribution is -2.31. The Morgan fingerprint density at radius 1 is 1.38 bits per heavy atom. The van der Waals surface area contributed by atoms with E-state index in [4.69, 9.17) is 4.42 Å². The van der Waals surface area contributed by atoms with Crippen molar-refractivity contribution in [1.29, 1.82) is 0 Å². The van der Waals surface area contributed by atoms with Gasteiger partial charge in [0.15, 0.2) is 0 Å². The average molecular weight is 368 g/mol. The van der Waals surface area contributed by atoms with Gasteiger partial charge < -0.3 is 9.73 Å². The maximum atomic E-state index is 12.7. The predicted molar refractivity (Wildman–Crippen MR) is 99.2 cm³/mol. The van der Waals surface area contributed by atoms with Crippen LogP contribution >= 0.6 is 11.3 Å². The Kier molecular flexibility index (Phi) is 4.04. The first-order valence-electron chi connectivity index (χ1n) is 8.08. The summed E-state index contributed by atoms with van der Waals surface area (Å²) in [5.74, 6) is 0.371. The molecule has 1 amide bonds. The molecule has 1 N–H and O–H groups in total. The monoisotopic (exact) mass is 368 g/mol. The maximum absolute atomic E-state index is 12.7. The Balaban J connectivity index is 1.64. The molecule has 8 heteroatoms. The second kappa shape index (κ2) is 6.38. The lowest BCUT2D eigenvalue weighted by atomic mass is 10.2. The number of nitrogens with one attached hydrogen (secondary N) is 1. The Morgan fingerprint density at radius 3 is 3.00 bits per heavy atom. The Bertz CT molecular complexity index is 1170. The van der Waals surface area contributed by atoms with Gasteiger partial charge in [-0.25, -0.2) is 9.97 Å². The molecule has 0 aliphatic carbocycles. The van der Waals surface area contributed by atoms with Crippen molar-refractivity contribution in [3.63, 3.8) is 0 Å². The van der Waals surface area contributed by atoms with Gasteiger partial charge in [0, 0.05) is 11.1 Å². The summed E-state index contributed by atoms with van der Waals surface area (Å²) in [5.41, 5.74) is 2.39. The van der Waals surface area contributed by atoms with Crippen molar-refractivity contribution in [3.8, 4) is 0 Å². The third-order valence-electron chi connectivity index (χ3n) is 4.24. The average Bonchev–Trinajstić information content (AvgIpc) is 3.24. The van der Waals surface area contributed by atoms with Crippen molar-refractivity contribution in [2.75, 3.05) is 0 Å². The molecule has 0 unspecified atom stereocenters. The van der Waals surface area contributed by atoms with E-state index in [0.29, 0.717) is 16.0 Å². The van der Waals surface area contributed by atoms with Crippen LogP contribution in [0.25, 0.3) is 20.4 Å². The number of hydrogen-bond donors (Lipinski definition) is 1. The van der Waals surface area contributed by atoms with Crippen molar-refractivity contribution >= 4 is 37.7 Å². The zero-order valence-electron chi connectivity index (χ0n) is 14.3. The fourth-order valence-corrected chi connectivity index (χ4v) is 3.81. The van der Waals surface area contributed by atoms with E-state index >= 15 is 0 Å². The Labute approximate surface area is 152 Å². The Morgan fingerprint density at radius 2 is 2.23 bits per heavy atom. The molecule has 0 saturated heterocycles. The first kappa shape index (κ1) is 16.5. The number of aryl methyl sites for hydroxylation is 2. The molecule has 0 atom stereocenters. The molecule has 7 nitrogen and oxygen atoms in total. The summed E-state index contributed by atoms with van der Waals surface area (Å²) in [5, 5.41) is 3.60. The number of furan rings is 1. The number of nitrogens with zero attached hydrogens (tertiary/aromatic N) is 3. The number of rotatable bonds is 4. The highest BCUT2D eigenvalue weighted by atomic mass is 32.1. The molecular weight excluding hydrogens is 352 g/mol. The smallest absolute Gasteiger partial charge is 0.271 e. The first-order valence-corrected chi connectivity index (χ1v) is 8.89. The van der Waals surface area contributed by atoms with E-state index in [2.05, 4.69) is 15.3 Å². The summed E-state index contributed by atoms with van der Waals surface area (Å²) in [7, 11) is 0. The lowest BCUT2D eigenvalue weighted by Gasteiger charge is -2.06. The number of hydrogen-bond acceptors (Lipinski definition) is 6. The van der Waals surface area contributed by atoms with Gasteiger partial charge in [0.1, 0.15) is 21.8 Å². The van der Waals surface area contributed by atoms with Gasteiger partial charge in [-0.15, -0.1) is 11.3 Å². The summed E-state index contributed by atoms with van der Waals surface area (Å²) in [6, 6.07) is 5.53. The second-order valence-corrected chi connectivity index (χ2v) is 7.06. The van der Waals surface area contributed by atoms with Crippen molar-refractivity contribution in [1.82, 2.24) is 19.9 Å². The third kappa shape index (κ3) is 2.88. The van der Waals surface area contributed by atoms with Crippen molar-refractivity contribution in [2.24, 2.45) is 0 Å². The van der Waals surface area contributed by atoms with Crippen LogP contribution in [0.3, 0.4) is 0 Å². The highest BCUT2D eigenvalue weighted by Crippen LogP contribution is 2.30. The van der Waals surface area contributed by atoms with Crippen LogP contribution in [0.2, 0.25) is 0 Å². The van der Waals surface area contributed by atoms with Gasteiger partial charge in [-0.05, 0) is 37.6 Å². The van der Waals surface area contributed by atoms with Crippen molar-refractivity contribution < 1.29 is 9.21 Å². The standard InChI is InChI=1S/C18H16N4O3S/c1-10-6-13-15-16(26-17(13)21-11(10)2)18(24)22(9-20-15)8-14(23)19-7-12-4-3-5-25-12/h3-6,9H,7-8H2,1-2H3,(H,19,23). The summed E-state index contributed by atoms with van der Waals surface area (Å²) in [6.07, 6.45) is 2.96. The summed E-state index contributed by atoms with van der Waals surface area (Å²) in [6.45, 7) is 4.11. The van der Waals surface area contributed by atoms with Gasteiger partial charge in [0.25, 0.3) is 5.56 Å². The van der Waals surface area contributed by atoms with E-state index in [9.17, 15) is 9.59 Å². The molecule has 4 rings (SSSR count). The molecule has 0 aliphatic heterocycles. The van der Waals surface area contributed by atoms with Crippen molar-refractivity contribution in [3.05, 3.63) is 58.2 Å². The summed E-state index contributed by atoms with van der Waals surface area (Å²) >= 11 is 1.31. The summed E-state index contributed by atoms with van der Waals surface area (Å²) in [4.78, 5) is 34.6. The van der Waals surface area contributed by atoms with Gasteiger partial charge in [-0.3, -0.25) is 14.2 Å². The quantitative estimate of drug-likeness (QED) is 0.598. The van der Waals surface area contributed by atoms with Crippen LogP contribution < -0.4 is 10.9 Å². The van der Waals surface area contributed by atoms with Crippen LogP contribution in [0, 0.1) is 13.8 Å². The molecule has 0 radical (unpaired) electrons. The molecular formula is C18H16N4O3S. The molecule has 0 aromatic carbocycles. The molecule has 0 bridgehead atoms. The zero-order chi connectivity index (χ0) is 18.3. The fourth-order valence-electron chi connectivity index (χ4n) is 2.70. The number of fused-ring (bicyclic) bond motifs is 3. The molecule has 4 heterocycles. The normalized spacial score (nSPS) is 11.3. The van der Waals surface area contributed by atoms with Crippen LogP contribution in [0.4, 0.5) is 0 Å². The lowest BCUT2D eigenvalue weighted by molar-refractivity contribution is -0.121. The molecule has 0 spiro atoms. The molecule has 26 heavy (non-hydrogen) atoms. The van der Waals surface area contributed by atoms with Crippen molar-refractivity contribution in [2.45, 2.75) is 26.9 Å². The number of aromatic nitrogens is 3. The third-order valence-corrected chi connectivity index (χ3v) is 5.31. The fraction of sp³-hybridized carbons (Fsp3) is 0.222. The molecule has 4 aromatic heterocycles. The van der Waals surface area contributed by atoms with E-state index in [0.717, 1.165) is 21.5 Å². The summed E-state index contributed by atoms with van der Waals surface area (Å²) < 4.78 is 6.99. The highest BCUT2D eigenvalue weighted by Gasteiger charge is 2.15. The van der Waals surface area contributed by atoms with E-state index in [1.165, 1.54) is 22.2 Å². The minimum Gasteiger partial charge on any atom is -0.467 e. The number of carbonyl (C=O) groups is 1. The Hall–Kier alpha value is -3.00. The first-order chi connectivity index (χ1) is 12.5. The van der Waals surface area contributed by atoms with Crippen LogP contribution in [0.5, 0.6) is 0 Å². The van der Waals surface area contributed by atoms with Gasteiger partial charge in [-0.1, -0.05) is 0 Å². The van der Waals surface area contributed by atoms with E-state index in [-0.39, 0.29) is 24.6 Å². The second-order valence-electron chi connectivity index (χ2n) is 6.06. The van der Waals surface area contributed by atoms with Gasteiger partial charge in [0.05, 0.1) is 24.7 Å². The largest absolute Gasteiger partial charge is 0.467 e. The molecule has 0 saturated carbocycles. The highest BCUT2D eigenvalue weighted by molar-refractivity contribution is 7.25. The molecule has 0 fully saturated rings. The van der Waals surface area contributed by atoms with E-state index in [1.807, 2.05) is 19.9 Å². The van der Waals surface area contributed by atoms with E-state index in [1.54, 1.807) is 18.4 Å². The minimum atomic E-state index is -0.282. The maximum Gasteiger partial charge on any atom is 0.271 e. The number of amides is 1. The van der Waals surface area contributed by atoms with E-state index < -0.39 is 0 Å². The van der Waals surface area contributed by atoms with Crippen LogP contribution in [0.15, 0.2) is 40.0 Å². The minimum absolute atomic E-state index is 0.0950. The van der Waals surface area contributed by atoms with Gasteiger partial charge in [-0.2, -0.15) is 0 Å². The van der Waals surface area contributed by atoms with Gasteiger partial charge in [0.2, 0.25) is 5.91 Å². The van der Waals surface area contributed by atoms with Crippen LogP contribution in [0.1, 0.15) is 17.0 Å². The van der Waals surface area contributed by atoms with Gasteiger partial charge >= 0.3 is 0 Å². The topological polar surface area (TPSA) is 90.0 Å². The molecule has 4 aromatic rings. The van der Waals surface area contributed by atoms with Crippen LogP contribution in [-0.2, 0) is 17.9 Å². The molecule has 0 aliphatic rings. The number of carbonyl (C=O) groups excluding carboxylic acids is 1. The SMILES string of the molecule is Cc1cc2c(nc1C)sc1c(=O)n(CC(=O)NCc3ccco3)cnc12.